The van der Waals surface area contributed by atoms with Gasteiger partial charge in [0.1, 0.15) is 26.1 Å². The molecule has 0 heterocycles. The molecule has 6 nitrogen and oxygen atoms in total. The van der Waals surface area contributed by atoms with Crippen LogP contribution in [0.4, 0.5) is 0 Å². The van der Waals surface area contributed by atoms with E-state index in [1.165, 1.54) is 0 Å². The van der Waals surface area contributed by atoms with Crippen LogP contribution in [-0.2, 0) is 14.3 Å². The van der Waals surface area contributed by atoms with Gasteiger partial charge in [0.15, 0.2) is 0 Å². The highest BCUT2D eigenvalue weighted by molar-refractivity contribution is 6.83. The number of hydrogen-bond donors (Lipinski definition) is 3. The summed E-state index contributed by atoms with van der Waals surface area (Å²) in [4.78, 5) is 22.8. The largest absolute Gasteiger partial charge is 0.480 e. The van der Waals surface area contributed by atoms with Crippen LogP contribution >= 0.6 is 0 Å². The molecule has 1 aliphatic carbocycles. The SMILES string of the molecule is CCCCC(O)(C#C[Si](C)(C)C)CC=C[C@H]1[C@H](O)CC(=O)[C@@H]1CCCCOCC(=O)O. The normalized spacial score (nSPS) is 23.5. The third kappa shape index (κ3) is 11.1. The Hall–Kier alpha value is -1.46. The topological polar surface area (TPSA) is 104 Å². The molecule has 0 aromatic rings. The Morgan fingerprint density at radius 3 is 2.61 bits per heavy atom. The second kappa shape index (κ2) is 13.2. The third-order valence-electron chi connectivity index (χ3n) is 5.44. The summed E-state index contributed by atoms with van der Waals surface area (Å²) < 4.78 is 5.03. The van der Waals surface area contributed by atoms with E-state index in [-0.39, 0.29) is 30.6 Å². The second-order valence-electron chi connectivity index (χ2n) is 9.63. The molecular weight excluding hydrogens is 412 g/mol. The van der Waals surface area contributed by atoms with Gasteiger partial charge in [-0.25, -0.2) is 4.79 Å². The van der Waals surface area contributed by atoms with E-state index < -0.39 is 25.7 Å². The first-order chi connectivity index (χ1) is 14.5. The van der Waals surface area contributed by atoms with Crippen molar-refractivity contribution in [1.29, 1.82) is 0 Å². The average Bonchev–Trinajstić information content (AvgIpc) is 2.93. The molecule has 0 radical (unpaired) electrons. The number of rotatable bonds is 13. The highest BCUT2D eigenvalue weighted by Gasteiger charge is 2.39. The van der Waals surface area contributed by atoms with Crippen LogP contribution in [-0.4, -0.2) is 60.1 Å². The van der Waals surface area contributed by atoms with Crippen molar-refractivity contribution < 1.29 is 29.6 Å². The van der Waals surface area contributed by atoms with Crippen LogP contribution in [0.2, 0.25) is 19.6 Å². The van der Waals surface area contributed by atoms with Gasteiger partial charge in [-0.2, -0.15) is 0 Å². The molecule has 0 aromatic carbocycles. The van der Waals surface area contributed by atoms with Crippen molar-refractivity contribution >= 4 is 19.8 Å². The van der Waals surface area contributed by atoms with E-state index in [0.29, 0.717) is 32.3 Å². The van der Waals surface area contributed by atoms with Gasteiger partial charge in [0.2, 0.25) is 0 Å². The minimum absolute atomic E-state index is 0.0633. The molecule has 4 atom stereocenters. The van der Waals surface area contributed by atoms with Gasteiger partial charge in [-0.3, -0.25) is 4.79 Å². The van der Waals surface area contributed by atoms with Gasteiger partial charge in [0.05, 0.1) is 6.10 Å². The fourth-order valence-corrected chi connectivity index (χ4v) is 4.34. The zero-order chi connectivity index (χ0) is 23.5. The number of carbonyl (C=O) groups is 2. The maximum atomic E-state index is 12.3. The number of unbranched alkanes of at least 4 members (excludes halogenated alkanes) is 2. The van der Waals surface area contributed by atoms with E-state index >= 15 is 0 Å². The zero-order valence-corrected chi connectivity index (χ0v) is 20.5. The van der Waals surface area contributed by atoms with Gasteiger partial charge >= 0.3 is 5.97 Å². The summed E-state index contributed by atoms with van der Waals surface area (Å²) in [6.45, 7) is 8.56. The van der Waals surface area contributed by atoms with E-state index in [2.05, 4.69) is 38.0 Å². The first-order valence-corrected chi connectivity index (χ1v) is 14.9. The van der Waals surface area contributed by atoms with Crippen molar-refractivity contribution in [3.63, 3.8) is 0 Å². The third-order valence-corrected chi connectivity index (χ3v) is 6.32. The molecule has 0 amide bonds. The lowest BCUT2D eigenvalue weighted by Gasteiger charge is -2.22. The molecule has 1 saturated carbocycles. The van der Waals surface area contributed by atoms with Crippen molar-refractivity contribution in [2.45, 2.75) is 89.6 Å². The molecule has 176 valence electrons. The minimum atomic E-state index is -1.61. The van der Waals surface area contributed by atoms with Crippen LogP contribution in [0.1, 0.15) is 58.3 Å². The van der Waals surface area contributed by atoms with E-state index in [0.717, 1.165) is 19.3 Å². The number of aliphatic carboxylic acids is 1. The molecule has 0 aromatic heterocycles. The van der Waals surface area contributed by atoms with Crippen LogP contribution < -0.4 is 0 Å². The fourth-order valence-electron chi connectivity index (χ4n) is 3.73. The maximum Gasteiger partial charge on any atom is 0.329 e. The standard InChI is InChI=1S/C24H40O6Si/c1-5-6-12-24(29,14-16-31(2,3)4)13-9-11-20-19(21(25)17-22(20)26)10-7-8-15-30-18-23(27)28/h9,11,19-20,22,26,29H,5-8,10,12-13,15,17-18H2,1-4H3,(H,27,28)/t19-,20-,22-,24?/m1/s1. The maximum absolute atomic E-state index is 12.3. The molecule has 1 fully saturated rings. The van der Waals surface area contributed by atoms with Crippen LogP contribution in [0.3, 0.4) is 0 Å². The summed E-state index contributed by atoms with van der Waals surface area (Å²) in [5, 5.41) is 30.0. The summed E-state index contributed by atoms with van der Waals surface area (Å²) in [7, 11) is -1.61. The van der Waals surface area contributed by atoms with Crippen molar-refractivity contribution in [2.24, 2.45) is 11.8 Å². The molecule has 7 heteroatoms. The summed E-state index contributed by atoms with van der Waals surface area (Å²) in [6.07, 6.45) is 8.13. The van der Waals surface area contributed by atoms with Gasteiger partial charge < -0.3 is 20.1 Å². The monoisotopic (exact) mass is 452 g/mol. The Kier molecular flexibility index (Phi) is 11.7. The second-order valence-corrected chi connectivity index (χ2v) is 14.4. The molecule has 1 rings (SSSR count). The molecule has 0 spiro atoms. The van der Waals surface area contributed by atoms with Crippen LogP contribution in [0.15, 0.2) is 12.2 Å². The van der Waals surface area contributed by atoms with Gasteiger partial charge in [-0.05, 0) is 25.7 Å². The van der Waals surface area contributed by atoms with Crippen molar-refractivity contribution in [1.82, 2.24) is 0 Å². The molecule has 0 bridgehead atoms. The number of carboxylic acid groups (broad SMARTS) is 1. The zero-order valence-electron chi connectivity index (χ0n) is 19.5. The lowest BCUT2D eigenvalue weighted by atomic mass is 9.87. The first kappa shape index (κ1) is 27.6. The van der Waals surface area contributed by atoms with Crippen LogP contribution in [0, 0.1) is 23.3 Å². The Morgan fingerprint density at radius 2 is 2.00 bits per heavy atom. The quantitative estimate of drug-likeness (QED) is 0.171. The number of hydrogen-bond acceptors (Lipinski definition) is 5. The van der Waals surface area contributed by atoms with Gasteiger partial charge in [0.25, 0.3) is 0 Å². The van der Waals surface area contributed by atoms with E-state index in [1.54, 1.807) is 0 Å². The van der Waals surface area contributed by atoms with Crippen molar-refractivity contribution in [3.05, 3.63) is 12.2 Å². The Bertz CT molecular complexity index is 672. The van der Waals surface area contributed by atoms with E-state index in [9.17, 15) is 19.8 Å². The van der Waals surface area contributed by atoms with Crippen molar-refractivity contribution in [3.8, 4) is 11.5 Å². The lowest BCUT2D eigenvalue weighted by molar-refractivity contribution is -0.142. The highest BCUT2D eigenvalue weighted by Crippen LogP contribution is 2.34. The summed E-state index contributed by atoms with van der Waals surface area (Å²) in [6, 6.07) is 0. The Labute approximate surface area is 188 Å². The van der Waals surface area contributed by atoms with Crippen LogP contribution in [0.25, 0.3) is 0 Å². The highest BCUT2D eigenvalue weighted by atomic mass is 28.3. The molecule has 1 unspecified atom stereocenters. The van der Waals surface area contributed by atoms with E-state index in [1.807, 2.05) is 12.2 Å². The number of aliphatic hydroxyl groups is 2. The molecular formula is C24H40O6Si. The molecule has 0 saturated heterocycles. The van der Waals surface area contributed by atoms with Gasteiger partial charge in [0, 0.05) is 31.3 Å². The summed E-state index contributed by atoms with van der Waals surface area (Å²) in [5.74, 6) is 1.69. The van der Waals surface area contributed by atoms with Gasteiger partial charge in [-0.1, -0.05) is 57.5 Å². The number of ketones is 1. The average molecular weight is 453 g/mol. The number of Topliss-reactive ketones (excluding diaryl/α,β-unsaturated/α-hetero) is 1. The van der Waals surface area contributed by atoms with Crippen molar-refractivity contribution in [2.75, 3.05) is 13.2 Å². The number of aliphatic hydroxyl groups excluding tert-OH is 1. The predicted octanol–water partition coefficient (Wildman–Crippen LogP) is 3.57. The minimum Gasteiger partial charge on any atom is -0.480 e. The molecule has 0 aliphatic heterocycles. The fraction of sp³-hybridized carbons (Fsp3) is 0.750. The smallest absolute Gasteiger partial charge is 0.329 e. The number of ether oxygens (including phenoxy) is 1. The first-order valence-electron chi connectivity index (χ1n) is 11.4. The molecule has 3 N–H and O–H groups in total. The number of carbonyl (C=O) groups excluding carboxylic acids is 1. The van der Waals surface area contributed by atoms with Gasteiger partial charge in [-0.15, -0.1) is 5.54 Å². The Morgan fingerprint density at radius 1 is 1.29 bits per heavy atom. The predicted molar refractivity (Wildman–Crippen MR) is 124 cm³/mol. The summed E-state index contributed by atoms with van der Waals surface area (Å²) in [5.41, 5.74) is 2.21. The Balaban J connectivity index is 2.70. The molecule has 31 heavy (non-hydrogen) atoms. The lowest BCUT2D eigenvalue weighted by Crippen LogP contribution is -2.28. The van der Waals surface area contributed by atoms with Crippen LogP contribution in [0.5, 0.6) is 0 Å². The van der Waals surface area contributed by atoms with E-state index in [4.69, 9.17) is 9.84 Å². The summed E-state index contributed by atoms with van der Waals surface area (Å²) >= 11 is 0. The molecule has 1 aliphatic rings. The number of carboxylic acids is 1.